The third kappa shape index (κ3) is 1.33. The zero-order valence-electron chi connectivity index (χ0n) is 7.25. The molecule has 0 fully saturated rings. The summed E-state index contributed by atoms with van der Waals surface area (Å²) in [5, 5.41) is 10.5. The lowest BCUT2D eigenvalue weighted by Crippen LogP contribution is -2.17. The van der Waals surface area contributed by atoms with Crippen molar-refractivity contribution in [3.63, 3.8) is 0 Å². The molecule has 1 aliphatic heterocycles. The highest BCUT2D eigenvalue weighted by atomic mass is 32.2. The van der Waals surface area contributed by atoms with Crippen molar-refractivity contribution in [2.24, 2.45) is 0 Å². The van der Waals surface area contributed by atoms with Gasteiger partial charge in [-0.2, -0.15) is 0 Å². The minimum atomic E-state index is -4.08. The first-order chi connectivity index (χ1) is 6.93. The number of para-hydroxylation sites is 1. The van der Waals surface area contributed by atoms with Gasteiger partial charge in [0.1, 0.15) is 0 Å². The normalized spacial score (nSPS) is 17.5. The number of benzene rings is 1. The predicted molar refractivity (Wildman–Crippen MR) is 49.3 cm³/mol. The zero-order chi connectivity index (χ0) is 11.2. The molecule has 0 N–H and O–H groups in total. The Labute approximate surface area is 84.1 Å². The van der Waals surface area contributed by atoms with E-state index in [2.05, 4.69) is 0 Å². The Morgan fingerprint density at radius 3 is 2.73 bits per heavy atom. The number of nitro benzene ring substituents is 1. The molecular formula is C7H5FN2O4S. The van der Waals surface area contributed by atoms with Crippen LogP contribution in [0.4, 0.5) is 15.9 Å². The SMILES string of the molecule is O=[N+]([O-])c1cccc2c1N(F)S(=O)(=O)C2. The third-order valence-electron chi connectivity index (χ3n) is 2.05. The Morgan fingerprint density at radius 1 is 1.47 bits per heavy atom. The highest BCUT2D eigenvalue weighted by Gasteiger charge is 2.39. The summed E-state index contributed by atoms with van der Waals surface area (Å²) in [7, 11) is -4.08. The van der Waals surface area contributed by atoms with Crippen LogP contribution in [0.3, 0.4) is 0 Å². The van der Waals surface area contributed by atoms with E-state index < -0.39 is 36.6 Å². The fourth-order valence-corrected chi connectivity index (χ4v) is 2.67. The lowest BCUT2D eigenvalue weighted by atomic mass is 10.2. The summed E-state index contributed by atoms with van der Waals surface area (Å²) in [5.74, 6) is -0.541. The molecule has 0 amide bonds. The van der Waals surface area contributed by atoms with Gasteiger partial charge in [-0.15, -0.1) is 0 Å². The molecule has 15 heavy (non-hydrogen) atoms. The largest absolute Gasteiger partial charge is 0.296 e. The van der Waals surface area contributed by atoms with E-state index in [9.17, 15) is 23.0 Å². The van der Waals surface area contributed by atoms with Crippen LogP contribution in [0.15, 0.2) is 18.2 Å². The van der Waals surface area contributed by atoms with Crippen LogP contribution in [-0.2, 0) is 15.8 Å². The van der Waals surface area contributed by atoms with Crippen LogP contribution in [0, 0.1) is 10.1 Å². The van der Waals surface area contributed by atoms with Gasteiger partial charge in [-0.1, -0.05) is 21.1 Å². The Bertz CT molecular complexity index is 542. The quantitative estimate of drug-likeness (QED) is 0.413. The van der Waals surface area contributed by atoms with Crippen molar-refractivity contribution in [3.8, 4) is 0 Å². The van der Waals surface area contributed by atoms with E-state index >= 15 is 0 Å². The Balaban J connectivity index is 2.71. The van der Waals surface area contributed by atoms with Crippen LogP contribution in [-0.4, -0.2) is 13.3 Å². The molecule has 80 valence electrons. The van der Waals surface area contributed by atoms with Gasteiger partial charge in [-0.25, -0.2) is 8.42 Å². The number of hydrogen-bond acceptors (Lipinski definition) is 4. The first kappa shape index (κ1) is 9.84. The summed E-state index contributed by atoms with van der Waals surface area (Å²) >= 11 is 0. The fourth-order valence-electron chi connectivity index (χ4n) is 1.44. The van der Waals surface area contributed by atoms with E-state index in [1.807, 2.05) is 0 Å². The second kappa shape index (κ2) is 2.89. The van der Waals surface area contributed by atoms with Crippen molar-refractivity contribution in [2.45, 2.75) is 5.75 Å². The van der Waals surface area contributed by atoms with Crippen LogP contribution >= 0.6 is 0 Å². The Hall–Kier alpha value is -1.70. The number of sulfonamides is 1. The van der Waals surface area contributed by atoms with Crippen LogP contribution in [0.5, 0.6) is 0 Å². The van der Waals surface area contributed by atoms with E-state index in [0.717, 1.165) is 6.07 Å². The van der Waals surface area contributed by atoms with Crippen molar-refractivity contribution in [1.82, 2.24) is 0 Å². The number of nitrogens with zero attached hydrogens (tertiary/aromatic N) is 2. The predicted octanol–water partition coefficient (Wildman–Crippen LogP) is 1.13. The third-order valence-corrected chi connectivity index (χ3v) is 3.40. The van der Waals surface area contributed by atoms with Crippen molar-refractivity contribution >= 4 is 21.4 Å². The smallest absolute Gasteiger partial charge is 0.258 e. The second-order valence-corrected chi connectivity index (χ2v) is 4.79. The number of fused-ring (bicyclic) bond motifs is 1. The topological polar surface area (TPSA) is 80.5 Å². The average Bonchev–Trinajstić information content (AvgIpc) is 2.37. The molecule has 0 bridgehead atoms. The highest BCUT2D eigenvalue weighted by molar-refractivity contribution is 7.92. The monoisotopic (exact) mass is 232 g/mol. The van der Waals surface area contributed by atoms with Crippen molar-refractivity contribution in [3.05, 3.63) is 33.9 Å². The maximum Gasteiger partial charge on any atom is 0.296 e. The molecule has 1 aromatic carbocycles. The van der Waals surface area contributed by atoms with E-state index in [-0.39, 0.29) is 5.56 Å². The summed E-state index contributed by atoms with van der Waals surface area (Å²) in [6, 6.07) is 3.73. The summed E-state index contributed by atoms with van der Waals surface area (Å²) < 4.78 is 35.0. The van der Waals surface area contributed by atoms with Crippen molar-refractivity contribution < 1.29 is 17.8 Å². The standard InChI is InChI=1S/C7H5FN2O4S/c8-9-7-5(4-15(9,13)14)2-1-3-6(7)10(11)12/h1-3H,4H2. The van der Waals surface area contributed by atoms with Crippen LogP contribution in [0.1, 0.15) is 5.56 Å². The minimum Gasteiger partial charge on any atom is -0.258 e. The summed E-state index contributed by atoms with van der Waals surface area (Å²) in [6.45, 7) is 0. The molecule has 1 aromatic rings. The molecule has 0 aromatic heterocycles. The minimum absolute atomic E-state index is 0.103. The molecule has 8 heteroatoms. The lowest BCUT2D eigenvalue weighted by Gasteiger charge is -2.04. The van der Waals surface area contributed by atoms with E-state index in [4.69, 9.17) is 0 Å². The summed E-state index contributed by atoms with van der Waals surface area (Å²) in [6.07, 6.45) is 0. The van der Waals surface area contributed by atoms with Gasteiger partial charge in [0.15, 0.2) is 5.69 Å². The Morgan fingerprint density at radius 2 is 2.13 bits per heavy atom. The molecule has 0 saturated carbocycles. The van der Waals surface area contributed by atoms with E-state index in [1.54, 1.807) is 0 Å². The average molecular weight is 232 g/mol. The van der Waals surface area contributed by atoms with Crippen LogP contribution < -0.4 is 4.53 Å². The van der Waals surface area contributed by atoms with E-state index in [1.165, 1.54) is 12.1 Å². The molecule has 1 heterocycles. The van der Waals surface area contributed by atoms with Gasteiger partial charge in [0.05, 0.1) is 10.7 Å². The van der Waals surface area contributed by atoms with Gasteiger partial charge >= 0.3 is 0 Å². The van der Waals surface area contributed by atoms with Crippen molar-refractivity contribution in [1.29, 1.82) is 0 Å². The first-order valence-corrected chi connectivity index (χ1v) is 5.49. The molecule has 0 atom stereocenters. The van der Waals surface area contributed by atoms with Gasteiger partial charge in [-0.3, -0.25) is 10.1 Å². The number of halogens is 1. The highest BCUT2D eigenvalue weighted by Crippen LogP contribution is 2.40. The zero-order valence-corrected chi connectivity index (χ0v) is 8.07. The first-order valence-electron chi connectivity index (χ1n) is 3.88. The maximum atomic E-state index is 13.3. The van der Waals surface area contributed by atoms with Crippen LogP contribution in [0.2, 0.25) is 0 Å². The molecule has 6 nitrogen and oxygen atoms in total. The Kier molecular flexibility index (Phi) is 1.90. The molecule has 1 aliphatic rings. The van der Waals surface area contributed by atoms with Gasteiger partial charge in [0.2, 0.25) is 0 Å². The molecular weight excluding hydrogens is 227 g/mol. The lowest BCUT2D eigenvalue weighted by molar-refractivity contribution is -0.384. The molecule has 0 radical (unpaired) electrons. The molecule has 0 spiro atoms. The van der Waals surface area contributed by atoms with Crippen LogP contribution in [0.25, 0.3) is 0 Å². The number of rotatable bonds is 1. The van der Waals surface area contributed by atoms with Gasteiger partial charge in [0.25, 0.3) is 15.7 Å². The number of nitro groups is 1. The van der Waals surface area contributed by atoms with Crippen molar-refractivity contribution in [2.75, 3.05) is 4.53 Å². The second-order valence-electron chi connectivity index (χ2n) is 3.01. The van der Waals surface area contributed by atoms with Gasteiger partial charge in [-0.05, 0) is 0 Å². The molecule has 0 unspecified atom stereocenters. The van der Waals surface area contributed by atoms with Gasteiger partial charge in [0, 0.05) is 11.6 Å². The fraction of sp³-hybridized carbons (Fsp3) is 0.143. The molecule has 0 saturated heterocycles. The van der Waals surface area contributed by atoms with Gasteiger partial charge < -0.3 is 0 Å². The number of hydrogen-bond donors (Lipinski definition) is 0. The summed E-state index contributed by atoms with van der Waals surface area (Å²) in [5.41, 5.74) is -0.926. The maximum absolute atomic E-state index is 13.3. The molecule has 2 rings (SSSR count). The molecule has 0 aliphatic carbocycles. The van der Waals surface area contributed by atoms with E-state index in [0.29, 0.717) is 0 Å². The number of anilines is 1. The summed E-state index contributed by atoms with van der Waals surface area (Å²) in [4.78, 5) is 9.72.